The zero-order chi connectivity index (χ0) is 13.1. The van der Waals surface area contributed by atoms with Crippen molar-refractivity contribution in [2.24, 2.45) is 5.84 Å². The molecule has 0 atom stereocenters. The van der Waals surface area contributed by atoms with E-state index in [9.17, 15) is 4.39 Å². The number of benzene rings is 1. The molecule has 0 radical (unpaired) electrons. The normalized spacial score (nSPS) is 10.2. The maximum absolute atomic E-state index is 13.2. The lowest BCUT2D eigenvalue weighted by Gasteiger charge is -2.07. The van der Waals surface area contributed by atoms with Gasteiger partial charge in [0.05, 0.1) is 11.2 Å². The molecule has 0 saturated carbocycles. The smallest absolute Gasteiger partial charge is 0.243 e. The Morgan fingerprint density at radius 1 is 1.28 bits per heavy atom. The molecule has 3 N–H and O–H groups in total. The Morgan fingerprint density at radius 3 is 2.72 bits per heavy atom. The van der Waals surface area contributed by atoms with E-state index in [0.29, 0.717) is 0 Å². The van der Waals surface area contributed by atoms with E-state index in [0.717, 1.165) is 6.07 Å². The fraction of sp³-hybridized carbons (Fsp3) is 0. The first-order valence-corrected chi connectivity index (χ1v) is 5.48. The van der Waals surface area contributed by atoms with Gasteiger partial charge in [0.15, 0.2) is 0 Å². The second-order valence-electron chi connectivity index (χ2n) is 3.17. The fourth-order valence-corrected chi connectivity index (χ4v) is 1.39. The monoisotopic (exact) mass is 288 g/mol. The highest BCUT2D eigenvalue weighted by Crippen LogP contribution is 2.29. The highest BCUT2D eigenvalue weighted by Gasteiger charge is 2.09. The molecule has 18 heavy (non-hydrogen) atoms. The van der Waals surface area contributed by atoms with Gasteiger partial charge >= 0.3 is 0 Å². The van der Waals surface area contributed by atoms with Crippen LogP contribution in [0.25, 0.3) is 0 Å². The average molecular weight is 289 g/mol. The predicted octanol–water partition coefficient (Wildman–Crippen LogP) is 3.00. The van der Waals surface area contributed by atoms with Crippen LogP contribution in [0.15, 0.2) is 24.4 Å². The van der Waals surface area contributed by atoms with Gasteiger partial charge in [0.2, 0.25) is 11.8 Å². The number of anilines is 1. The molecule has 0 aliphatic rings. The van der Waals surface area contributed by atoms with Crippen molar-refractivity contribution in [3.05, 3.63) is 40.3 Å². The number of nitrogens with one attached hydrogen (secondary N) is 1. The van der Waals surface area contributed by atoms with Crippen molar-refractivity contribution in [3.8, 4) is 11.6 Å². The summed E-state index contributed by atoms with van der Waals surface area (Å²) in [6.45, 7) is 0. The summed E-state index contributed by atoms with van der Waals surface area (Å²) in [5.41, 5.74) is 2.24. The van der Waals surface area contributed by atoms with Gasteiger partial charge in [-0.05, 0) is 12.1 Å². The zero-order valence-electron chi connectivity index (χ0n) is 8.82. The van der Waals surface area contributed by atoms with Gasteiger partial charge < -0.3 is 4.74 Å². The van der Waals surface area contributed by atoms with Crippen LogP contribution in [0, 0.1) is 5.82 Å². The number of aromatic nitrogens is 2. The van der Waals surface area contributed by atoms with Crippen LogP contribution in [0.5, 0.6) is 11.6 Å². The molecule has 5 nitrogen and oxygen atoms in total. The van der Waals surface area contributed by atoms with Crippen LogP contribution in [0.1, 0.15) is 0 Å². The molecule has 8 heteroatoms. The molecule has 0 saturated heterocycles. The van der Waals surface area contributed by atoms with Crippen molar-refractivity contribution in [2.45, 2.75) is 0 Å². The van der Waals surface area contributed by atoms with Crippen LogP contribution >= 0.6 is 23.2 Å². The van der Waals surface area contributed by atoms with Crippen molar-refractivity contribution in [1.82, 2.24) is 9.97 Å². The zero-order valence-corrected chi connectivity index (χ0v) is 10.3. The lowest BCUT2D eigenvalue weighted by atomic mass is 10.3. The van der Waals surface area contributed by atoms with E-state index in [-0.39, 0.29) is 27.6 Å². The Kier molecular flexibility index (Phi) is 3.81. The van der Waals surface area contributed by atoms with Crippen LogP contribution in [0.2, 0.25) is 10.0 Å². The summed E-state index contributed by atoms with van der Waals surface area (Å²) < 4.78 is 18.5. The molecule has 2 aromatic rings. The largest absolute Gasteiger partial charge is 0.437 e. The van der Waals surface area contributed by atoms with Gasteiger partial charge in [0.25, 0.3) is 0 Å². The third kappa shape index (κ3) is 2.79. The number of hydrogen-bond acceptors (Lipinski definition) is 5. The number of hydrogen-bond donors (Lipinski definition) is 2. The molecule has 0 spiro atoms. The average Bonchev–Trinajstić information content (AvgIpc) is 2.36. The van der Waals surface area contributed by atoms with E-state index in [2.05, 4.69) is 15.4 Å². The van der Waals surface area contributed by atoms with Crippen molar-refractivity contribution >= 4 is 29.2 Å². The second-order valence-corrected chi connectivity index (χ2v) is 3.98. The Bertz CT molecular complexity index is 582. The lowest BCUT2D eigenvalue weighted by Crippen LogP contribution is -2.10. The molecule has 1 aromatic carbocycles. The number of hydrazine groups is 1. The number of rotatable bonds is 3. The van der Waals surface area contributed by atoms with Gasteiger partial charge in [-0.25, -0.2) is 15.2 Å². The molecule has 0 aliphatic heterocycles. The molecule has 0 amide bonds. The van der Waals surface area contributed by atoms with Gasteiger partial charge in [-0.2, -0.15) is 4.98 Å². The summed E-state index contributed by atoms with van der Waals surface area (Å²) in [4.78, 5) is 7.66. The van der Waals surface area contributed by atoms with E-state index in [4.69, 9.17) is 33.8 Å². The van der Waals surface area contributed by atoms with Gasteiger partial charge in [0.1, 0.15) is 16.6 Å². The minimum Gasteiger partial charge on any atom is -0.437 e. The van der Waals surface area contributed by atoms with Gasteiger partial charge in [-0.3, -0.25) is 5.43 Å². The maximum Gasteiger partial charge on any atom is 0.243 e. The van der Waals surface area contributed by atoms with Gasteiger partial charge in [-0.1, -0.05) is 23.2 Å². The van der Waals surface area contributed by atoms with E-state index in [1.54, 1.807) is 0 Å². The molecule has 2 rings (SSSR count). The number of nitrogens with zero attached hydrogens (tertiary/aromatic N) is 2. The minimum atomic E-state index is -0.600. The molecule has 0 bridgehead atoms. The standard InChI is InChI=1S/C10H7Cl2FN4O/c11-6-2-1-5(3-8(6)13)18-9-7(12)4-15-10(16-9)17-14/h1-4H,14H2,(H,15,16,17). The molecular formula is C10H7Cl2FN4O. The quantitative estimate of drug-likeness (QED) is 0.671. The molecule has 94 valence electrons. The Labute approximate surface area is 112 Å². The predicted molar refractivity (Wildman–Crippen MR) is 66.3 cm³/mol. The highest BCUT2D eigenvalue weighted by molar-refractivity contribution is 6.31. The highest BCUT2D eigenvalue weighted by atomic mass is 35.5. The van der Waals surface area contributed by atoms with Gasteiger partial charge in [-0.15, -0.1) is 0 Å². The van der Waals surface area contributed by atoms with Crippen molar-refractivity contribution in [2.75, 3.05) is 5.43 Å². The molecule has 0 unspecified atom stereocenters. The van der Waals surface area contributed by atoms with Crippen molar-refractivity contribution < 1.29 is 9.13 Å². The molecule has 0 aliphatic carbocycles. The molecule has 1 heterocycles. The Hall–Kier alpha value is -1.63. The first-order valence-electron chi connectivity index (χ1n) is 4.72. The third-order valence-corrected chi connectivity index (χ3v) is 2.51. The van der Waals surface area contributed by atoms with Crippen LogP contribution in [-0.2, 0) is 0 Å². The topological polar surface area (TPSA) is 73.1 Å². The summed E-state index contributed by atoms with van der Waals surface area (Å²) in [7, 11) is 0. The molecule has 0 fully saturated rings. The molecule has 1 aromatic heterocycles. The SMILES string of the molecule is NNc1ncc(Cl)c(Oc2ccc(Cl)c(F)c2)n1. The molecular weight excluding hydrogens is 282 g/mol. The summed E-state index contributed by atoms with van der Waals surface area (Å²) in [5, 5.41) is 0.171. The number of nitrogen functional groups attached to an aromatic ring is 1. The lowest BCUT2D eigenvalue weighted by molar-refractivity contribution is 0.458. The van der Waals surface area contributed by atoms with Gasteiger partial charge in [0, 0.05) is 6.07 Å². The van der Waals surface area contributed by atoms with E-state index in [1.807, 2.05) is 0 Å². The summed E-state index contributed by atoms with van der Waals surface area (Å²) >= 11 is 11.4. The number of nitrogens with two attached hydrogens (primary N) is 1. The minimum absolute atomic E-state index is 0.000415. The summed E-state index contributed by atoms with van der Waals surface area (Å²) in [6, 6.07) is 3.97. The van der Waals surface area contributed by atoms with Crippen molar-refractivity contribution in [1.29, 1.82) is 0 Å². The Balaban J connectivity index is 2.30. The number of ether oxygens (including phenoxy) is 1. The van der Waals surface area contributed by atoms with Crippen LogP contribution in [0.4, 0.5) is 10.3 Å². The Morgan fingerprint density at radius 2 is 2.06 bits per heavy atom. The summed E-state index contributed by atoms with van der Waals surface area (Å²) in [6.07, 6.45) is 1.31. The van der Waals surface area contributed by atoms with Crippen LogP contribution in [0.3, 0.4) is 0 Å². The van der Waals surface area contributed by atoms with E-state index >= 15 is 0 Å². The van der Waals surface area contributed by atoms with Crippen LogP contribution < -0.4 is 16.0 Å². The first-order chi connectivity index (χ1) is 8.60. The van der Waals surface area contributed by atoms with Crippen molar-refractivity contribution in [3.63, 3.8) is 0 Å². The third-order valence-electron chi connectivity index (χ3n) is 1.95. The second kappa shape index (κ2) is 5.34. The fourth-order valence-electron chi connectivity index (χ4n) is 1.14. The summed E-state index contributed by atoms with van der Waals surface area (Å²) in [5.74, 6) is 4.95. The van der Waals surface area contributed by atoms with E-state index < -0.39 is 5.82 Å². The first kappa shape index (κ1) is 12.8. The van der Waals surface area contributed by atoms with Crippen LogP contribution in [-0.4, -0.2) is 9.97 Å². The van der Waals surface area contributed by atoms with E-state index in [1.165, 1.54) is 18.3 Å². The maximum atomic E-state index is 13.2. The number of halogens is 3.